The maximum Gasteiger partial charge on any atom is 0.242 e. The number of hydrogen-bond acceptors (Lipinski definition) is 2. The molecule has 2 aromatic carbocycles. The van der Waals surface area contributed by atoms with Gasteiger partial charge < -0.3 is 15.5 Å². The van der Waals surface area contributed by atoms with Gasteiger partial charge >= 0.3 is 0 Å². The lowest BCUT2D eigenvalue weighted by Gasteiger charge is -2.22. The minimum absolute atomic E-state index is 0.0476. The molecule has 0 aliphatic carbocycles. The average molecular weight is 374 g/mol. The highest BCUT2D eigenvalue weighted by molar-refractivity contribution is 5.86. The highest BCUT2D eigenvalue weighted by atomic mass is 19.1. The van der Waals surface area contributed by atoms with E-state index in [0.29, 0.717) is 19.0 Å². The van der Waals surface area contributed by atoms with Crippen molar-refractivity contribution in [2.75, 3.05) is 20.1 Å². The molecule has 2 rings (SSSR count). The minimum atomic E-state index is -0.508. The van der Waals surface area contributed by atoms with E-state index in [1.807, 2.05) is 37.3 Å². The Morgan fingerprint density at radius 2 is 1.85 bits per heavy atom. The molecule has 7 heteroatoms. The summed E-state index contributed by atoms with van der Waals surface area (Å²) >= 11 is 0. The Hall–Kier alpha value is -2.96. The second kappa shape index (κ2) is 10.3. The Balaban J connectivity index is 1.86. The van der Waals surface area contributed by atoms with Crippen LogP contribution in [-0.2, 0) is 17.9 Å². The zero-order valence-electron chi connectivity index (χ0n) is 15.5. The molecular formula is C20H24F2N4O. The van der Waals surface area contributed by atoms with Crippen LogP contribution in [0.15, 0.2) is 53.5 Å². The molecule has 27 heavy (non-hydrogen) atoms. The summed E-state index contributed by atoms with van der Waals surface area (Å²) in [5, 5.41) is 5.78. The van der Waals surface area contributed by atoms with E-state index in [4.69, 9.17) is 0 Å². The third-order valence-corrected chi connectivity index (χ3v) is 4.04. The van der Waals surface area contributed by atoms with Crippen LogP contribution in [0.25, 0.3) is 0 Å². The van der Waals surface area contributed by atoms with E-state index in [2.05, 4.69) is 15.6 Å². The van der Waals surface area contributed by atoms with Gasteiger partial charge in [0.05, 0.1) is 6.54 Å². The summed E-state index contributed by atoms with van der Waals surface area (Å²) in [6.07, 6.45) is 0. The summed E-state index contributed by atoms with van der Waals surface area (Å²) < 4.78 is 26.9. The number of nitrogens with zero attached hydrogens (tertiary/aromatic N) is 2. The molecule has 0 fully saturated rings. The second-order valence-corrected chi connectivity index (χ2v) is 5.91. The first-order chi connectivity index (χ1) is 13.0. The van der Waals surface area contributed by atoms with Gasteiger partial charge in [0, 0.05) is 32.2 Å². The van der Waals surface area contributed by atoms with Crippen LogP contribution in [-0.4, -0.2) is 36.9 Å². The molecule has 2 aromatic rings. The van der Waals surface area contributed by atoms with Crippen LogP contribution >= 0.6 is 0 Å². The van der Waals surface area contributed by atoms with Crippen molar-refractivity contribution < 1.29 is 13.6 Å². The van der Waals surface area contributed by atoms with E-state index in [-0.39, 0.29) is 24.6 Å². The first kappa shape index (κ1) is 20.4. The van der Waals surface area contributed by atoms with E-state index >= 15 is 0 Å². The molecule has 1 amide bonds. The summed E-state index contributed by atoms with van der Waals surface area (Å²) in [5.41, 5.74) is 1.24. The van der Waals surface area contributed by atoms with Crippen molar-refractivity contribution in [1.82, 2.24) is 15.5 Å². The molecule has 0 unspecified atom stereocenters. The van der Waals surface area contributed by atoms with Gasteiger partial charge in [0.2, 0.25) is 5.91 Å². The van der Waals surface area contributed by atoms with Crippen molar-refractivity contribution in [2.45, 2.75) is 20.0 Å². The number of aliphatic imine (C=N–C) groups is 1. The molecular weight excluding hydrogens is 350 g/mol. The van der Waals surface area contributed by atoms with Gasteiger partial charge in [-0.2, -0.15) is 0 Å². The maximum absolute atomic E-state index is 13.7. The number of nitrogens with one attached hydrogen (secondary N) is 2. The summed E-state index contributed by atoms with van der Waals surface area (Å²) in [6.45, 7) is 3.12. The Bertz CT molecular complexity index is 781. The van der Waals surface area contributed by atoms with E-state index in [1.54, 1.807) is 11.9 Å². The lowest BCUT2D eigenvalue weighted by atomic mass is 10.2. The van der Waals surface area contributed by atoms with E-state index in [0.717, 1.165) is 23.8 Å². The van der Waals surface area contributed by atoms with Crippen molar-refractivity contribution in [2.24, 2.45) is 4.99 Å². The molecule has 0 atom stereocenters. The van der Waals surface area contributed by atoms with Gasteiger partial charge in [-0.3, -0.25) is 9.79 Å². The molecule has 5 nitrogen and oxygen atoms in total. The number of hydrogen-bond donors (Lipinski definition) is 2. The number of guanidine groups is 1. The third kappa shape index (κ3) is 6.36. The zero-order valence-corrected chi connectivity index (χ0v) is 15.5. The fourth-order valence-electron chi connectivity index (χ4n) is 2.53. The Morgan fingerprint density at radius 3 is 2.52 bits per heavy atom. The summed E-state index contributed by atoms with van der Waals surface area (Å²) in [5.74, 6) is -0.759. The molecule has 0 spiro atoms. The molecule has 0 saturated carbocycles. The van der Waals surface area contributed by atoms with Gasteiger partial charge in [0.15, 0.2) is 5.96 Å². The summed E-state index contributed by atoms with van der Waals surface area (Å²) in [7, 11) is 1.54. The Kier molecular flexibility index (Phi) is 7.73. The molecule has 0 aliphatic heterocycles. The minimum Gasteiger partial charge on any atom is -0.352 e. The monoisotopic (exact) mass is 374 g/mol. The number of benzene rings is 2. The molecule has 0 radical (unpaired) electrons. The van der Waals surface area contributed by atoms with E-state index in [1.165, 1.54) is 0 Å². The largest absolute Gasteiger partial charge is 0.352 e. The number of carbonyl (C=O) groups is 1. The van der Waals surface area contributed by atoms with Crippen LogP contribution in [0, 0.1) is 11.6 Å². The fraction of sp³-hybridized carbons (Fsp3) is 0.300. The van der Waals surface area contributed by atoms with Crippen molar-refractivity contribution in [3.05, 3.63) is 71.3 Å². The van der Waals surface area contributed by atoms with Crippen molar-refractivity contribution in [3.8, 4) is 0 Å². The van der Waals surface area contributed by atoms with E-state index in [9.17, 15) is 13.6 Å². The molecule has 2 N–H and O–H groups in total. The predicted octanol–water partition coefficient (Wildman–Crippen LogP) is 2.68. The molecule has 144 valence electrons. The van der Waals surface area contributed by atoms with Gasteiger partial charge in [0.1, 0.15) is 11.6 Å². The van der Waals surface area contributed by atoms with Crippen molar-refractivity contribution >= 4 is 11.9 Å². The topological polar surface area (TPSA) is 56.7 Å². The van der Waals surface area contributed by atoms with Crippen LogP contribution in [0.1, 0.15) is 18.1 Å². The number of amides is 1. The Labute approximate surface area is 158 Å². The van der Waals surface area contributed by atoms with E-state index < -0.39 is 11.6 Å². The molecule has 0 aromatic heterocycles. The smallest absolute Gasteiger partial charge is 0.242 e. The number of rotatable bonds is 7. The standard InChI is InChI=1S/C20H24F2N4O/c1-3-26(14-15-7-5-4-6-8-15)19(27)13-25-20(23-2)24-12-16-11-17(21)9-10-18(16)22/h4-11H,3,12-14H2,1-2H3,(H2,23,24,25). The summed E-state index contributed by atoms with van der Waals surface area (Å²) in [4.78, 5) is 18.2. The van der Waals surface area contributed by atoms with Gasteiger partial charge in [-0.1, -0.05) is 30.3 Å². The van der Waals surface area contributed by atoms with Crippen LogP contribution in [0.5, 0.6) is 0 Å². The van der Waals surface area contributed by atoms with Crippen LogP contribution in [0.2, 0.25) is 0 Å². The normalized spacial score (nSPS) is 11.2. The SMILES string of the molecule is CCN(Cc1ccccc1)C(=O)CNC(=NC)NCc1cc(F)ccc1F. The van der Waals surface area contributed by atoms with Gasteiger partial charge in [0.25, 0.3) is 0 Å². The molecule has 0 saturated heterocycles. The van der Waals surface area contributed by atoms with Crippen LogP contribution in [0.3, 0.4) is 0 Å². The van der Waals surface area contributed by atoms with Crippen molar-refractivity contribution in [3.63, 3.8) is 0 Å². The first-order valence-corrected chi connectivity index (χ1v) is 8.73. The van der Waals surface area contributed by atoms with Crippen LogP contribution in [0.4, 0.5) is 8.78 Å². The number of carbonyl (C=O) groups excluding carboxylic acids is 1. The highest BCUT2D eigenvalue weighted by Gasteiger charge is 2.13. The number of likely N-dealkylation sites (N-methyl/N-ethyl adjacent to an activating group) is 1. The fourth-order valence-corrected chi connectivity index (χ4v) is 2.53. The van der Waals surface area contributed by atoms with Gasteiger partial charge in [-0.05, 0) is 30.7 Å². The lowest BCUT2D eigenvalue weighted by Crippen LogP contribution is -2.44. The lowest BCUT2D eigenvalue weighted by molar-refractivity contribution is -0.130. The van der Waals surface area contributed by atoms with Crippen molar-refractivity contribution in [1.29, 1.82) is 0 Å². The molecule has 0 heterocycles. The average Bonchev–Trinajstić information content (AvgIpc) is 2.69. The quantitative estimate of drug-likeness (QED) is 0.579. The van der Waals surface area contributed by atoms with Gasteiger partial charge in [-0.25, -0.2) is 8.78 Å². The maximum atomic E-state index is 13.7. The Morgan fingerprint density at radius 1 is 1.11 bits per heavy atom. The summed E-state index contributed by atoms with van der Waals surface area (Å²) in [6, 6.07) is 13.0. The molecule has 0 bridgehead atoms. The van der Waals surface area contributed by atoms with Gasteiger partial charge in [-0.15, -0.1) is 0 Å². The first-order valence-electron chi connectivity index (χ1n) is 8.73. The zero-order chi connectivity index (χ0) is 19.6. The molecule has 0 aliphatic rings. The highest BCUT2D eigenvalue weighted by Crippen LogP contribution is 2.09. The number of halogens is 2. The predicted molar refractivity (Wildman–Crippen MR) is 102 cm³/mol. The second-order valence-electron chi connectivity index (χ2n) is 5.91. The third-order valence-electron chi connectivity index (χ3n) is 4.04. The van der Waals surface area contributed by atoms with Crippen LogP contribution < -0.4 is 10.6 Å².